The lowest BCUT2D eigenvalue weighted by atomic mass is 10.2. The molecule has 0 aliphatic carbocycles. The van der Waals surface area contributed by atoms with E-state index in [1.54, 1.807) is 11.3 Å². The third-order valence-corrected chi connectivity index (χ3v) is 3.20. The summed E-state index contributed by atoms with van der Waals surface area (Å²) in [7, 11) is 0. The molecule has 1 atom stereocenters. The summed E-state index contributed by atoms with van der Waals surface area (Å²) in [5, 5.41) is 12.9. The van der Waals surface area contributed by atoms with Crippen LogP contribution in [-0.2, 0) is 11.3 Å². The molecule has 0 saturated carbocycles. The molecule has 3 nitrogen and oxygen atoms in total. The number of carboxylic acids is 1. The highest BCUT2D eigenvalue weighted by Gasteiger charge is 2.15. The van der Waals surface area contributed by atoms with E-state index in [0.29, 0.717) is 0 Å². The van der Waals surface area contributed by atoms with Gasteiger partial charge in [-0.3, -0.25) is 9.69 Å². The molecule has 84 valence electrons. The zero-order valence-electron chi connectivity index (χ0n) is 9.14. The fourth-order valence-corrected chi connectivity index (χ4v) is 2.24. The van der Waals surface area contributed by atoms with Gasteiger partial charge in [0.2, 0.25) is 0 Å². The summed E-state index contributed by atoms with van der Waals surface area (Å²) < 4.78 is 0. The van der Waals surface area contributed by atoms with E-state index in [2.05, 4.69) is 23.3 Å². The van der Waals surface area contributed by atoms with Crippen molar-refractivity contribution in [2.75, 3.05) is 6.54 Å². The Balaban J connectivity index is 2.51. The number of hydrogen-bond acceptors (Lipinski definition) is 3. The molecule has 0 aromatic carbocycles. The molecule has 0 spiro atoms. The summed E-state index contributed by atoms with van der Waals surface area (Å²) in [6.45, 7) is 5.74. The summed E-state index contributed by atoms with van der Waals surface area (Å²) in [6, 6.07) is 2.17. The van der Waals surface area contributed by atoms with Gasteiger partial charge in [0.25, 0.3) is 0 Å². The number of thiophene rings is 1. The number of carbonyl (C=O) groups is 1. The van der Waals surface area contributed by atoms with Crippen molar-refractivity contribution in [3.8, 4) is 0 Å². The van der Waals surface area contributed by atoms with Crippen molar-refractivity contribution in [2.24, 2.45) is 0 Å². The predicted octanol–water partition coefficient (Wildman–Crippen LogP) is 2.43. The largest absolute Gasteiger partial charge is 0.481 e. The highest BCUT2D eigenvalue weighted by atomic mass is 32.1. The minimum Gasteiger partial charge on any atom is -0.481 e. The van der Waals surface area contributed by atoms with Crippen LogP contribution in [-0.4, -0.2) is 28.6 Å². The van der Waals surface area contributed by atoms with Crippen molar-refractivity contribution in [3.63, 3.8) is 0 Å². The van der Waals surface area contributed by atoms with E-state index < -0.39 is 5.97 Å². The number of rotatable bonds is 6. The molecule has 1 rings (SSSR count). The second-order valence-electron chi connectivity index (χ2n) is 3.64. The molecule has 0 aliphatic rings. The maximum Gasteiger partial charge on any atom is 0.304 e. The van der Waals surface area contributed by atoms with Crippen LogP contribution in [0.5, 0.6) is 0 Å². The van der Waals surface area contributed by atoms with E-state index in [1.165, 1.54) is 5.56 Å². The van der Waals surface area contributed by atoms with Gasteiger partial charge in [-0.2, -0.15) is 11.3 Å². The maximum atomic E-state index is 10.6. The molecule has 0 radical (unpaired) electrons. The van der Waals surface area contributed by atoms with Crippen LogP contribution in [0.1, 0.15) is 25.8 Å². The van der Waals surface area contributed by atoms with Crippen LogP contribution in [0.3, 0.4) is 0 Å². The highest BCUT2D eigenvalue weighted by Crippen LogP contribution is 2.13. The fraction of sp³-hybridized carbons (Fsp3) is 0.545. The topological polar surface area (TPSA) is 40.5 Å². The lowest BCUT2D eigenvalue weighted by Gasteiger charge is -2.26. The summed E-state index contributed by atoms with van der Waals surface area (Å²) in [5.74, 6) is -0.730. The zero-order valence-corrected chi connectivity index (χ0v) is 9.96. The maximum absolute atomic E-state index is 10.6. The van der Waals surface area contributed by atoms with E-state index in [-0.39, 0.29) is 12.5 Å². The van der Waals surface area contributed by atoms with Crippen LogP contribution in [0.2, 0.25) is 0 Å². The molecule has 0 aliphatic heterocycles. The van der Waals surface area contributed by atoms with Crippen molar-refractivity contribution in [2.45, 2.75) is 32.9 Å². The third kappa shape index (κ3) is 4.01. The predicted molar refractivity (Wildman–Crippen MR) is 62.1 cm³/mol. The van der Waals surface area contributed by atoms with Crippen LogP contribution < -0.4 is 0 Å². The molecule has 1 unspecified atom stereocenters. The van der Waals surface area contributed by atoms with E-state index in [1.807, 2.05) is 12.3 Å². The molecule has 1 N–H and O–H groups in total. The van der Waals surface area contributed by atoms with Gasteiger partial charge in [0.1, 0.15) is 0 Å². The number of hydrogen-bond donors (Lipinski definition) is 1. The quantitative estimate of drug-likeness (QED) is 0.811. The summed E-state index contributed by atoms with van der Waals surface area (Å²) in [5.41, 5.74) is 1.26. The smallest absolute Gasteiger partial charge is 0.304 e. The Kier molecular flexibility index (Phi) is 4.78. The van der Waals surface area contributed by atoms with E-state index in [0.717, 1.165) is 13.1 Å². The Hall–Kier alpha value is -0.870. The Morgan fingerprint density at radius 1 is 1.67 bits per heavy atom. The first-order valence-corrected chi connectivity index (χ1v) is 6.04. The molecule has 0 fully saturated rings. The standard InChI is InChI=1S/C11H17NO2S/c1-3-12(9(2)6-11(13)14)7-10-4-5-15-8-10/h4-5,8-9H,3,6-7H2,1-2H3,(H,13,14). The van der Waals surface area contributed by atoms with Crippen molar-refractivity contribution < 1.29 is 9.90 Å². The van der Waals surface area contributed by atoms with Gasteiger partial charge in [-0.15, -0.1) is 0 Å². The van der Waals surface area contributed by atoms with Gasteiger partial charge < -0.3 is 5.11 Å². The van der Waals surface area contributed by atoms with Gasteiger partial charge in [0.05, 0.1) is 6.42 Å². The van der Waals surface area contributed by atoms with Crippen molar-refractivity contribution in [3.05, 3.63) is 22.4 Å². The summed E-state index contributed by atoms with van der Waals surface area (Å²) in [4.78, 5) is 12.8. The fourth-order valence-electron chi connectivity index (χ4n) is 1.58. The van der Waals surface area contributed by atoms with Crippen LogP contribution in [0.4, 0.5) is 0 Å². The first-order chi connectivity index (χ1) is 7.13. The van der Waals surface area contributed by atoms with Crippen LogP contribution in [0.25, 0.3) is 0 Å². The molecule has 1 heterocycles. The number of nitrogens with zero attached hydrogens (tertiary/aromatic N) is 1. The average molecular weight is 227 g/mol. The zero-order chi connectivity index (χ0) is 11.3. The van der Waals surface area contributed by atoms with Crippen molar-refractivity contribution in [1.82, 2.24) is 4.90 Å². The average Bonchev–Trinajstić information content (AvgIpc) is 2.65. The Bertz CT molecular complexity index is 298. The van der Waals surface area contributed by atoms with Gasteiger partial charge in [-0.05, 0) is 35.9 Å². The van der Waals surface area contributed by atoms with Gasteiger partial charge >= 0.3 is 5.97 Å². The Morgan fingerprint density at radius 2 is 2.40 bits per heavy atom. The van der Waals surface area contributed by atoms with Crippen molar-refractivity contribution >= 4 is 17.3 Å². The number of aliphatic carboxylic acids is 1. The molecule has 15 heavy (non-hydrogen) atoms. The van der Waals surface area contributed by atoms with Gasteiger partial charge in [0, 0.05) is 12.6 Å². The van der Waals surface area contributed by atoms with Crippen LogP contribution in [0, 0.1) is 0 Å². The summed E-state index contributed by atoms with van der Waals surface area (Å²) >= 11 is 1.67. The van der Waals surface area contributed by atoms with E-state index in [9.17, 15) is 4.79 Å². The first kappa shape index (κ1) is 12.2. The molecule has 0 amide bonds. The SMILES string of the molecule is CCN(Cc1ccsc1)C(C)CC(=O)O. The van der Waals surface area contributed by atoms with E-state index >= 15 is 0 Å². The minimum absolute atomic E-state index is 0.0902. The van der Waals surface area contributed by atoms with Crippen molar-refractivity contribution in [1.29, 1.82) is 0 Å². The second-order valence-corrected chi connectivity index (χ2v) is 4.42. The van der Waals surface area contributed by atoms with Crippen LogP contribution in [0.15, 0.2) is 16.8 Å². The summed E-state index contributed by atoms with van der Waals surface area (Å²) in [6.07, 6.45) is 0.206. The monoisotopic (exact) mass is 227 g/mol. The number of carboxylic acid groups (broad SMARTS) is 1. The highest BCUT2D eigenvalue weighted by molar-refractivity contribution is 7.07. The van der Waals surface area contributed by atoms with Gasteiger partial charge in [0.15, 0.2) is 0 Å². The minimum atomic E-state index is -0.730. The molecule has 4 heteroatoms. The van der Waals surface area contributed by atoms with Gasteiger partial charge in [-0.1, -0.05) is 6.92 Å². The second kappa shape index (κ2) is 5.88. The van der Waals surface area contributed by atoms with E-state index in [4.69, 9.17) is 5.11 Å². The van der Waals surface area contributed by atoms with Gasteiger partial charge in [-0.25, -0.2) is 0 Å². The normalized spacial score (nSPS) is 13.0. The Morgan fingerprint density at radius 3 is 2.87 bits per heavy atom. The molecular weight excluding hydrogens is 210 g/mol. The molecule has 1 aromatic rings. The molecular formula is C11H17NO2S. The Labute approximate surface area is 94.3 Å². The molecule has 0 saturated heterocycles. The lowest BCUT2D eigenvalue weighted by Crippen LogP contribution is -2.33. The molecule has 0 bridgehead atoms. The van der Waals surface area contributed by atoms with Crippen LogP contribution >= 0.6 is 11.3 Å². The lowest BCUT2D eigenvalue weighted by molar-refractivity contribution is -0.138. The first-order valence-electron chi connectivity index (χ1n) is 5.10. The molecule has 1 aromatic heterocycles. The third-order valence-electron chi connectivity index (χ3n) is 2.47.